The predicted molar refractivity (Wildman–Crippen MR) is 112 cm³/mol. The fourth-order valence-corrected chi connectivity index (χ4v) is 3.16. The van der Waals surface area contributed by atoms with Gasteiger partial charge in [0.15, 0.2) is 5.96 Å². The number of hydrogen-bond acceptors (Lipinski definition) is 2. The van der Waals surface area contributed by atoms with Crippen molar-refractivity contribution in [3.63, 3.8) is 0 Å². The van der Waals surface area contributed by atoms with E-state index in [2.05, 4.69) is 32.7 Å². The number of ether oxygens (including phenoxy) is 1. The minimum absolute atomic E-state index is 0.218. The van der Waals surface area contributed by atoms with Crippen molar-refractivity contribution in [2.75, 3.05) is 20.2 Å². The molecule has 0 unspecified atom stereocenters. The molecule has 3 rings (SSSR count). The van der Waals surface area contributed by atoms with E-state index < -0.39 is 0 Å². The molecule has 3 N–H and O–H groups in total. The largest absolute Gasteiger partial charge is 0.377 e. The fraction of sp³-hybridized carbons (Fsp3) is 0.318. The van der Waals surface area contributed by atoms with Gasteiger partial charge in [-0.25, -0.2) is 4.39 Å². The molecule has 148 valence electrons. The zero-order chi connectivity index (χ0) is 19.8. The summed E-state index contributed by atoms with van der Waals surface area (Å²) in [4.78, 5) is 7.47. The number of nitrogens with zero attached hydrogens (tertiary/aromatic N) is 1. The van der Waals surface area contributed by atoms with Gasteiger partial charge in [-0.2, -0.15) is 0 Å². The highest BCUT2D eigenvalue weighted by Crippen LogP contribution is 2.19. The molecule has 0 fully saturated rings. The Bertz CT molecular complexity index is 935. The highest BCUT2D eigenvalue weighted by molar-refractivity contribution is 5.83. The van der Waals surface area contributed by atoms with E-state index in [9.17, 15) is 4.39 Å². The van der Waals surface area contributed by atoms with Crippen molar-refractivity contribution < 1.29 is 9.13 Å². The Morgan fingerprint density at radius 1 is 1.11 bits per heavy atom. The molecule has 28 heavy (non-hydrogen) atoms. The second-order valence-corrected chi connectivity index (χ2v) is 6.51. The Kier molecular flexibility index (Phi) is 7.03. The maximum absolute atomic E-state index is 13.5. The zero-order valence-corrected chi connectivity index (χ0v) is 16.4. The minimum Gasteiger partial charge on any atom is -0.377 e. The fourth-order valence-electron chi connectivity index (χ4n) is 3.16. The maximum Gasteiger partial charge on any atom is 0.191 e. The lowest BCUT2D eigenvalue weighted by Crippen LogP contribution is -2.38. The smallest absolute Gasteiger partial charge is 0.191 e. The first-order valence-corrected chi connectivity index (χ1v) is 9.55. The molecule has 3 aromatic rings. The van der Waals surface area contributed by atoms with Crippen molar-refractivity contribution in [1.82, 2.24) is 15.6 Å². The monoisotopic (exact) mass is 382 g/mol. The summed E-state index contributed by atoms with van der Waals surface area (Å²) in [5, 5.41) is 7.59. The van der Waals surface area contributed by atoms with E-state index in [1.807, 2.05) is 25.3 Å². The highest BCUT2D eigenvalue weighted by Gasteiger charge is 2.06. The van der Waals surface area contributed by atoms with Gasteiger partial charge >= 0.3 is 0 Å². The summed E-state index contributed by atoms with van der Waals surface area (Å²) in [6, 6.07) is 13.0. The second-order valence-electron chi connectivity index (χ2n) is 6.51. The molecular weight excluding hydrogens is 355 g/mol. The summed E-state index contributed by atoms with van der Waals surface area (Å²) in [6.45, 7) is 4.67. The third kappa shape index (κ3) is 5.10. The van der Waals surface area contributed by atoms with Crippen LogP contribution in [-0.4, -0.2) is 31.1 Å². The van der Waals surface area contributed by atoms with Crippen LogP contribution in [0.2, 0.25) is 0 Å². The van der Waals surface area contributed by atoms with Crippen LogP contribution in [0.4, 0.5) is 4.39 Å². The van der Waals surface area contributed by atoms with Crippen LogP contribution in [0.1, 0.15) is 23.6 Å². The Morgan fingerprint density at radius 2 is 1.93 bits per heavy atom. The van der Waals surface area contributed by atoms with Crippen LogP contribution in [0.25, 0.3) is 10.9 Å². The predicted octanol–water partition coefficient (Wildman–Crippen LogP) is 3.75. The van der Waals surface area contributed by atoms with Gasteiger partial charge in [0.1, 0.15) is 5.82 Å². The Labute approximate surface area is 165 Å². The number of benzene rings is 2. The number of fused-ring (bicyclic) bond motifs is 1. The van der Waals surface area contributed by atoms with E-state index in [1.165, 1.54) is 17.2 Å². The normalized spacial score (nSPS) is 11.8. The Morgan fingerprint density at radius 3 is 2.71 bits per heavy atom. The molecule has 0 aliphatic carbocycles. The van der Waals surface area contributed by atoms with Gasteiger partial charge in [-0.15, -0.1) is 0 Å². The van der Waals surface area contributed by atoms with E-state index in [-0.39, 0.29) is 5.82 Å². The van der Waals surface area contributed by atoms with Gasteiger partial charge in [0, 0.05) is 43.8 Å². The van der Waals surface area contributed by atoms with Crippen LogP contribution < -0.4 is 10.6 Å². The average molecular weight is 382 g/mol. The minimum atomic E-state index is -0.218. The molecule has 0 saturated heterocycles. The zero-order valence-electron chi connectivity index (χ0n) is 16.4. The van der Waals surface area contributed by atoms with Crippen LogP contribution in [-0.2, 0) is 24.3 Å². The lowest BCUT2D eigenvalue weighted by molar-refractivity contribution is 0.133. The number of H-pyrrole nitrogens is 1. The summed E-state index contributed by atoms with van der Waals surface area (Å²) >= 11 is 0. The molecule has 5 nitrogen and oxygen atoms in total. The standard InChI is InChI=1S/C22H27FN4O/c1-3-28-15-18-7-5-4-6-16(18)13-27-22(24-2)25-11-10-17-14-26-21-9-8-19(23)12-20(17)21/h4-9,12,14,26H,3,10-11,13,15H2,1-2H3,(H2,24,25,27). The number of halogens is 1. The van der Waals surface area contributed by atoms with Gasteiger partial charge in [-0.1, -0.05) is 24.3 Å². The molecule has 6 heteroatoms. The van der Waals surface area contributed by atoms with Crippen molar-refractivity contribution in [3.05, 3.63) is 71.2 Å². The van der Waals surface area contributed by atoms with E-state index in [1.54, 1.807) is 19.2 Å². The van der Waals surface area contributed by atoms with Crippen LogP contribution in [0.3, 0.4) is 0 Å². The number of aromatic amines is 1. The molecule has 0 radical (unpaired) electrons. The van der Waals surface area contributed by atoms with Crippen molar-refractivity contribution in [3.8, 4) is 0 Å². The average Bonchev–Trinajstić information content (AvgIpc) is 3.11. The first-order valence-electron chi connectivity index (χ1n) is 9.55. The van der Waals surface area contributed by atoms with E-state index in [0.29, 0.717) is 26.3 Å². The van der Waals surface area contributed by atoms with Crippen LogP contribution in [0, 0.1) is 5.82 Å². The number of nitrogens with one attached hydrogen (secondary N) is 3. The highest BCUT2D eigenvalue weighted by atomic mass is 19.1. The second kappa shape index (κ2) is 9.90. The third-order valence-electron chi connectivity index (χ3n) is 4.67. The lowest BCUT2D eigenvalue weighted by atomic mass is 10.1. The molecule has 0 aliphatic heterocycles. The number of rotatable bonds is 8. The van der Waals surface area contributed by atoms with E-state index in [4.69, 9.17) is 4.74 Å². The first-order chi connectivity index (χ1) is 13.7. The van der Waals surface area contributed by atoms with Gasteiger partial charge < -0.3 is 20.4 Å². The van der Waals surface area contributed by atoms with E-state index in [0.717, 1.165) is 28.8 Å². The molecule has 0 spiro atoms. The Hall–Kier alpha value is -2.86. The first kappa shape index (κ1) is 19.9. The summed E-state index contributed by atoms with van der Waals surface area (Å²) in [6.07, 6.45) is 2.71. The number of hydrogen-bond donors (Lipinski definition) is 3. The molecule has 0 saturated carbocycles. The molecule has 0 aliphatic rings. The van der Waals surface area contributed by atoms with E-state index >= 15 is 0 Å². The summed E-state index contributed by atoms with van der Waals surface area (Å²) in [5.41, 5.74) is 4.39. The molecule has 1 heterocycles. The molecule has 2 aromatic carbocycles. The quantitative estimate of drug-likeness (QED) is 0.411. The molecule has 1 aromatic heterocycles. The topological polar surface area (TPSA) is 61.4 Å². The summed E-state index contributed by atoms with van der Waals surface area (Å²) in [7, 11) is 1.75. The number of guanidine groups is 1. The van der Waals surface area contributed by atoms with Gasteiger partial charge in [0.2, 0.25) is 0 Å². The number of aliphatic imine (C=N–C) groups is 1. The van der Waals surface area contributed by atoms with Crippen molar-refractivity contribution in [1.29, 1.82) is 0 Å². The summed E-state index contributed by atoms with van der Waals surface area (Å²) < 4.78 is 19.0. The third-order valence-corrected chi connectivity index (χ3v) is 4.67. The molecule has 0 amide bonds. The number of aromatic nitrogens is 1. The van der Waals surface area contributed by atoms with Crippen LogP contribution in [0.5, 0.6) is 0 Å². The van der Waals surface area contributed by atoms with Crippen molar-refractivity contribution in [2.45, 2.75) is 26.5 Å². The van der Waals surface area contributed by atoms with Gasteiger partial charge in [-0.3, -0.25) is 4.99 Å². The SMILES string of the molecule is CCOCc1ccccc1CNC(=NC)NCCc1c[nH]c2ccc(F)cc12. The van der Waals surface area contributed by atoms with Crippen molar-refractivity contribution >= 4 is 16.9 Å². The lowest BCUT2D eigenvalue weighted by Gasteiger charge is -2.14. The van der Waals surface area contributed by atoms with Crippen LogP contribution in [0.15, 0.2) is 53.7 Å². The molecule has 0 atom stereocenters. The Balaban J connectivity index is 1.53. The van der Waals surface area contributed by atoms with Gasteiger partial charge in [0.05, 0.1) is 6.61 Å². The molecular formula is C22H27FN4O. The summed E-state index contributed by atoms with van der Waals surface area (Å²) in [5.74, 6) is 0.515. The van der Waals surface area contributed by atoms with Crippen LogP contribution >= 0.6 is 0 Å². The van der Waals surface area contributed by atoms with Gasteiger partial charge in [-0.05, 0) is 48.2 Å². The molecule has 0 bridgehead atoms. The van der Waals surface area contributed by atoms with Gasteiger partial charge in [0.25, 0.3) is 0 Å². The maximum atomic E-state index is 13.5. The van der Waals surface area contributed by atoms with Crippen molar-refractivity contribution in [2.24, 2.45) is 4.99 Å².